The lowest BCUT2D eigenvalue weighted by atomic mass is 9.96. The van der Waals surface area contributed by atoms with Crippen LogP contribution < -0.4 is 9.47 Å². The summed E-state index contributed by atoms with van der Waals surface area (Å²) in [5.41, 5.74) is 0.345. The number of methoxy groups -OCH3 is 1. The molecule has 0 aliphatic rings. The Kier molecular flexibility index (Phi) is 4.26. The summed E-state index contributed by atoms with van der Waals surface area (Å²) in [4.78, 5) is 15.0. The topological polar surface area (TPSA) is 74.5 Å². The van der Waals surface area contributed by atoms with Gasteiger partial charge in [-0.2, -0.15) is 4.98 Å². The minimum Gasteiger partial charge on any atom is -0.493 e. The average molecular weight is 290 g/mol. The average Bonchev–Trinajstić information content (AvgIpc) is 2.94. The molecule has 0 bridgehead atoms. The fourth-order valence-electron chi connectivity index (χ4n) is 1.63. The van der Waals surface area contributed by atoms with Crippen LogP contribution in [0.3, 0.4) is 0 Å². The predicted molar refractivity (Wildman–Crippen MR) is 75.7 cm³/mol. The molecule has 1 heterocycles. The number of rotatable bonds is 5. The Labute approximate surface area is 123 Å². The lowest BCUT2D eigenvalue weighted by molar-refractivity contribution is 0.112. The third-order valence-electron chi connectivity index (χ3n) is 2.81. The Morgan fingerprint density at radius 3 is 2.62 bits per heavy atom. The second kappa shape index (κ2) is 5.95. The molecule has 0 radical (unpaired) electrons. The van der Waals surface area contributed by atoms with Crippen LogP contribution >= 0.6 is 0 Å². The van der Waals surface area contributed by atoms with Gasteiger partial charge in [-0.1, -0.05) is 25.9 Å². The third kappa shape index (κ3) is 3.59. The predicted octanol–water partition coefficient (Wildman–Crippen LogP) is 2.77. The molecule has 2 aromatic rings. The SMILES string of the molecule is COc1cc(C=O)ccc1OCc1nc(C(C)(C)C)no1. The monoisotopic (exact) mass is 290 g/mol. The summed E-state index contributed by atoms with van der Waals surface area (Å²) >= 11 is 0. The molecule has 0 unspecified atom stereocenters. The van der Waals surface area contributed by atoms with E-state index in [4.69, 9.17) is 14.0 Å². The van der Waals surface area contributed by atoms with Crippen LogP contribution in [0.1, 0.15) is 42.8 Å². The number of carbonyl (C=O) groups excluding carboxylic acids is 1. The maximum Gasteiger partial charge on any atom is 0.264 e. The summed E-state index contributed by atoms with van der Waals surface area (Å²) < 4.78 is 15.9. The van der Waals surface area contributed by atoms with Crippen LogP contribution in [0.25, 0.3) is 0 Å². The Bertz CT molecular complexity index is 629. The van der Waals surface area contributed by atoms with Crippen LogP contribution in [0.4, 0.5) is 0 Å². The van der Waals surface area contributed by atoms with Gasteiger partial charge in [-0.25, -0.2) is 0 Å². The van der Waals surface area contributed by atoms with Crippen molar-refractivity contribution in [2.45, 2.75) is 32.8 Å². The normalized spacial score (nSPS) is 11.2. The Morgan fingerprint density at radius 2 is 2.05 bits per heavy atom. The van der Waals surface area contributed by atoms with Crippen LogP contribution in [-0.2, 0) is 12.0 Å². The molecule has 6 nitrogen and oxygen atoms in total. The molecule has 0 atom stereocenters. The molecular formula is C15H18N2O4. The van der Waals surface area contributed by atoms with Gasteiger partial charge in [-0.3, -0.25) is 4.79 Å². The van der Waals surface area contributed by atoms with Gasteiger partial charge in [0.2, 0.25) is 0 Å². The zero-order valence-corrected chi connectivity index (χ0v) is 12.5. The quantitative estimate of drug-likeness (QED) is 0.788. The van der Waals surface area contributed by atoms with Gasteiger partial charge in [0.1, 0.15) is 6.29 Å². The van der Waals surface area contributed by atoms with Crippen LogP contribution in [0, 0.1) is 0 Å². The first-order chi connectivity index (χ1) is 9.94. The molecule has 0 fully saturated rings. The largest absolute Gasteiger partial charge is 0.493 e. The maximum atomic E-state index is 10.7. The van der Waals surface area contributed by atoms with Gasteiger partial charge >= 0.3 is 0 Å². The van der Waals surface area contributed by atoms with E-state index in [-0.39, 0.29) is 12.0 Å². The van der Waals surface area contributed by atoms with Gasteiger partial charge in [0, 0.05) is 11.0 Å². The fourth-order valence-corrected chi connectivity index (χ4v) is 1.63. The smallest absolute Gasteiger partial charge is 0.264 e. The lowest BCUT2D eigenvalue weighted by Crippen LogP contribution is -2.13. The maximum absolute atomic E-state index is 10.7. The summed E-state index contributed by atoms with van der Waals surface area (Å²) in [5, 5.41) is 3.93. The zero-order chi connectivity index (χ0) is 15.5. The van der Waals surface area contributed by atoms with Gasteiger partial charge < -0.3 is 14.0 Å². The Morgan fingerprint density at radius 1 is 1.29 bits per heavy atom. The van der Waals surface area contributed by atoms with E-state index < -0.39 is 0 Å². The highest BCUT2D eigenvalue weighted by Crippen LogP contribution is 2.28. The number of benzene rings is 1. The van der Waals surface area contributed by atoms with Crippen molar-refractivity contribution in [2.75, 3.05) is 7.11 Å². The second-order valence-electron chi connectivity index (χ2n) is 5.58. The molecule has 21 heavy (non-hydrogen) atoms. The van der Waals surface area contributed by atoms with Crippen molar-refractivity contribution in [2.24, 2.45) is 0 Å². The molecule has 0 spiro atoms. The Balaban J connectivity index is 2.09. The van der Waals surface area contributed by atoms with Crippen molar-refractivity contribution < 1.29 is 18.8 Å². The molecule has 1 aromatic carbocycles. The van der Waals surface area contributed by atoms with Crippen molar-refractivity contribution in [1.82, 2.24) is 10.1 Å². The van der Waals surface area contributed by atoms with Crippen molar-refractivity contribution in [3.63, 3.8) is 0 Å². The number of aromatic nitrogens is 2. The summed E-state index contributed by atoms with van der Waals surface area (Å²) in [6.45, 7) is 6.15. The van der Waals surface area contributed by atoms with Gasteiger partial charge in [0.15, 0.2) is 23.9 Å². The molecular weight excluding hydrogens is 272 g/mol. The molecule has 1 aromatic heterocycles. The standard InChI is InChI=1S/C15H18N2O4/c1-15(2,3)14-16-13(21-17-14)9-20-11-6-5-10(8-18)7-12(11)19-4/h5-8H,9H2,1-4H3. The van der Waals surface area contributed by atoms with Crippen molar-refractivity contribution in [1.29, 1.82) is 0 Å². The van der Waals surface area contributed by atoms with E-state index in [0.29, 0.717) is 28.8 Å². The van der Waals surface area contributed by atoms with E-state index in [0.717, 1.165) is 6.29 Å². The first-order valence-corrected chi connectivity index (χ1v) is 6.53. The third-order valence-corrected chi connectivity index (χ3v) is 2.81. The summed E-state index contributed by atoms with van der Waals surface area (Å²) in [6, 6.07) is 4.93. The first-order valence-electron chi connectivity index (χ1n) is 6.53. The van der Waals surface area contributed by atoms with Crippen LogP contribution in [0.2, 0.25) is 0 Å². The highest BCUT2D eigenvalue weighted by atomic mass is 16.5. The van der Waals surface area contributed by atoms with E-state index in [9.17, 15) is 4.79 Å². The Hall–Kier alpha value is -2.37. The van der Waals surface area contributed by atoms with E-state index >= 15 is 0 Å². The van der Waals surface area contributed by atoms with E-state index in [1.807, 2.05) is 20.8 Å². The summed E-state index contributed by atoms with van der Waals surface area (Å²) in [6.07, 6.45) is 0.750. The van der Waals surface area contributed by atoms with Crippen LogP contribution in [0.5, 0.6) is 11.5 Å². The fraction of sp³-hybridized carbons (Fsp3) is 0.400. The van der Waals surface area contributed by atoms with E-state index in [1.165, 1.54) is 7.11 Å². The number of ether oxygens (including phenoxy) is 2. The number of nitrogens with zero attached hydrogens (tertiary/aromatic N) is 2. The molecule has 0 aliphatic heterocycles. The van der Waals surface area contributed by atoms with Crippen molar-refractivity contribution >= 4 is 6.29 Å². The van der Waals surface area contributed by atoms with E-state index in [2.05, 4.69) is 10.1 Å². The molecule has 112 valence electrons. The highest BCUT2D eigenvalue weighted by Gasteiger charge is 2.21. The van der Waals surface area contributed by atoms with E-state index in [1.54, 1.807) is 18.2 Å². The van der Waals surface area contributed by atoms with Crippen molar-refractivity contribution in [3.8, 4) is 11.5 Å². The van der Waals surface area contributed by atoms with Gasteiger partial charge in [-0.05, 0) is 18.2 Å². The first kappa shape index (κ1) is 15.0. The van der Waals surface area contributed by atoms with Crippen LogP contribution in [-0.4, -0.2) is 23.5 Å². The van der Waals surface area contributed by atoms with Gasteiger partial charge in [-0.15, -0.1) is 0 Å². The highest BCUT2D eigenvalue weighted by molar-refractivity contribution is 5.76. The molecule has 2 rings (SSSR count). The summed E-state index contributed by atoms with van der Waals surface area (Å²) in [5.74, 6) is 2.01. The molecule has 0 saturated carbocycles. The van der Waals surface area contributed by atoms with Gasteiger partial charge in [0.25, 0.3) is 5.89 Å². The molecule has 0 N–H and O–H groups in total. The number of hydrogen-bond acceptors (Lipinski definition) is 6. The minimum atomic E-state index is -0.176. The van der Waals surface area contributed by atoms with Crippen LogP contribution in [0.15, 0.2) is 22.7 Å². The summed E-state index contributed by atoms with van der Waals surface area (Å²) in [7, 11) is 1.52. The molecule has 6 heteroatoms. The lowest BCUT2D eigenvalue weighted by Gasteiger charge is -2.11. The van der Waals surface area contributed by atoms with Gasteiger partial charge in [0.05, 0.1) is 7.11 Å². The molecule has 0 saturated heterocycles. The second-order valence-corrected chi connectivity index (χ2v) is 5.58. The number of hydrogen-bond donors (Lipinski definition) is 0. The minimum absolute atomic E-state index is 0.139. The zero-order valence-electron chi connectivity index (χ0n) is 12.5. The molecule has 0 amide bonds. The number of aldehydes is 1. The molecule has 0 aliphatic carbocycles. The van der Waals surface area contributed by atoms with Crippen molar-refractivity contribution in [3.05, 3.63) is 35.5 Å². The number of carbonyl (C=O) groups is 1.